The molecule has 0 radical (unpaired) electrons. The van der Waals surface area contributed by atoms with E-state index in [1.165, 1.54) is 36.4 Å². The van der Waals surface area contributed by atoms with Gasteiger partial charge in [0, 0.05) is 49.5 Å². The molecule has 2 aliphatic heterocycles. The number of nitrogens with one attached hydrogen (secondary N) is 1. The van der Waals surface area contributed by atoms with Gasteiger partial charge in [-0.1, -0.05) is 24.3 Å². The van der Waals surface area contributed by atoms with E-state index in [9.17, 15) is 51.7 Å². The molecule has 0 bridgehead atoms. The van der Waals surface area contributed by atoms with E-state index < -0.39 is 33.4 Å². The molecule has 0 atom stereocenters. The Kier molecular flexibility index (Phi) is 12.1. The highest BCUT2D eigenvalue weighted by Gasteiger charge is 2.71. The molecule has 0 amide bonds. The van der Waals surface area contributed by atoms with E-state index >= 15 is 0 Å². The molecule has 0 aliphatic carbocycles. The van der Waals surface area contributed by atoms with Gasteiger partial charge in [0.25, 0.3) is 17.0 Å². The molecule has 5 rings (SSSR count). The number of hydrogen-bond acceptors (Lipinski definition) is 9. The van der Waals surface area contributed by atoms with Crippen LogP contribution in [0.2, 0.25) is 0 Å². The molecule has 3 aromatic carbocycles. The highest BCUT2D eigenvalue weighted by molar-refractivity contribution is 5.37. The fraction of sp³-hybridized carbons (Fsp3) is 0.438. The Hall–Kier alpha value is -4.48. The van der Waals surface area contributed by atoms with Crippen LogP contribution in [0.15, 0.2) is 72.8 Å². The van der Waals surface area contributed by atoms with Crippen molar-refractivity contribution in [3.05, 3.63) is 104 Å². The number of ether oxygens (including phenoxy) is 2. The quantitative estimate of drug-likeness (QED) is 0.142. The number of nitrogens with zero attached hydrogens (tertiary/aromatic N) is 3. The molecule has 49 heavy (non-hydrogen) atoms. The van der Waals surface area contributed by atoms with E-state index in [1.807, 2.05) is 4.90 Å². The first-order chi connectivity index (χ1) is 23.1. The maximum absolute atomic E-state index is 13.0. The third kappa shape index (κ3) is 9.79. The number of nitro groups is 2. The normalized spacial score (nSPS) is 16.7. The van der Waals surface area contributed by atoms with Crippen molar-refractivity contribution in [1.29, 1.82) is 0 Å². The lowest BCUT2D eigenvalue weighted by Crippen LogP contribution is -2.53. The standard InChI is InChI=1S/C21H20F6N2O4.C11H14N2O3/c22-20(23,24)19(30,21(25,26)27)15-3-1-14(2-4-15)13-28-11-9-18(10-12-28)33-17-7-5-16(6-8-17)29(31)32;14-13(15)9-1-3-10(4-2-9)16-11-5-7-12-8-6-11/h1-8,18,30H,9-13H2;1-4,11-12H,5-8H2. The van der Waals surface area contributed by atoms with E-state index in [0.29, 0.717) is 61.7 Å². The molecule has 17 heteroatoms. The summed E-state index contributed by atoms with van der Waals surface area (Å²) in [6.07, 6.45) is -8.53. The van der Waals surface area contributed by atoms with Crippen molar-refractivity contribution in [2.24, 2.45) is 0 Å². The summed E-state index contributed by atoms with van der Waals surface area (Å²) in [5, 5.41) is 33.9. The van der Waals surface area contributed by atoms with Crippen LogP contribution in [0.3, 0.4) is 0 Å². The Balaban J connectivity index is 0.000000281. The Morgan fingerprint density at radius 2 is 1.10 bits per heavy atom. The lowest BCUT2D eigenvalue weighted by atomic mass is 9.91. The fourth-order valence-corrected chi connectivity index (χ4v) is 5.37. The van der Waals surface area contributed by atoms with Gasteiger partial charge in [0.2, 0.25) is 0 Å². The lowest BCUT2D eigenvalue weighted by Gasteiger charge is -2.33. The summed E-state index contributed by atoms with van der Waals surface area (Å²) in [7, 11) is 0. The van der Waals surface area contributed by atoms with Crippen LogP contribution in [0.5, 0.6) is 11.5 Å². The number of benzene rings is 3. The molecule has 0 aromatic heterocycles. The van der Waals surface area contributed by atoms with Crippen molar-refractivity contribution in [3.63, 3.8) is 0 Å². The van der Waals surface area contributed by atoms with E-state index in [4.69, 9.17) is 9.47 Å². The molecule has 0 saturated carbocycles. The number of likely N-dealkylation sites (tertiary alicyclic amines) is 1. The van der Waals surface area contributed by atoms with Crippen molar-refractivity contribution < 1.29 is 50.8 Å². The SMILES string of the molecule is O=[N+]([O-])c1ccc(OC2CCN(Cc3ccc(C(O)(C(F)(F)F)C(F)(F)F)cc3)CC2)cc1.O=[N+]([O-])c1ccc(OC2CCNCC2)cc1. The van der Waals surface area contributed by atoms with Crippen molar-refractivity contribution in [2.75, 3.05) is 26.2 Å². The second-order valence-electron chi connectivity index (χ2n) is 11.6. The summed E-state index contributed by atoms with van der Waals surface area (Å²) < 4.78 is 89.5. The molecule has 2 heterocycles. The van der Waals surface area contributed by atoms with Crippen molar-refractivity contribution in [3.8, 4) is 11.5 Å². The molecule has 3 aromatic rings. The average molecular weight is 701 g/mol. The van der Waals surface area contributed by atoms with E-state index in [2.05, 4.69) is 5.32 Å². The lowest BCUT2D eigenvalue weighted by molar-refractivity contribution is -0.385. The van der Waals surface area contributed by atoms with Gasteiger partial charge in [0.05, 0.1) is 9.85 Å². The minimum Gasteiger partial charge on any atom is -0.490 e. The molecule has 2 aliphatic rings. The summed E-state index contributed by atoms with van der Waals surface area (Å²) in [6.45, 7) is 3.40. The smallest absolute Gasteiger partial charge is 0.430 e. The second kappa shape index (κ2) is 15.8. The zero-order valence-corrected chi connectivity index (χ0v) is 26.0. The van der Waals surface area contributed by atoms with E-state index in [1.54, 1.807) is 12.1 Å². The zero-order chi connectivity index (χ0) is 35.8. The first-order valence-electron chi connectivity index (χ1n) is 15.3. The van der Waals surface area contributed by atoms with Gasteiger partial charge in [-0.2, -0.15) is 26.3 Å². The molecule has 0 spiro atoms. The van der Waals surface area contributed by atoms with Gasteiger partial charge in [-0.15, -0.1) is 0 Å². The van der Waals surface area contributed by atoms with Gasteiger partial charge in [0.1, 0.15) is 23.7 Å². The summed E-state index contributed by atoms with van der Waals surface area (Å²) in [6, 6.07) is 15.5. The number of aliphatic hydroxyl groups is 1. The molecular weight excluding hydrogens is 666 g/mol. The van der Waals surface area contributed by atoms with Crippen molar-refractivity contribution in [1.82, 2.24) is 10.2 Å². The predicted molar refractivity (Wildman–Crippen MR) is 164 cm³/mol. The number of rotatable bonds is 9. The van der Waals surface area contributed by atoms with Crippen molar-refractivity contribution in [2.45, 2.75) is 62.4 Å². The molecule has 0 unspecified atom stereocenters. The minimum absolute atomic E-state index is 0.0490. The predicted octanol–water partition coefficient (Wildman–Crippen LogP) is 6.68. The van der Waals surface area contributed by atoms with Crippen LogP contribution in [0.25, 0.3) is 0 Å². The first kappa shape index (κ1) is 37.3. The van der Waals surface area contributed by atoms with Crippen LogP contribution >= 0.6 is 0 Å². The van der Waals surface area contributed by atoms with Gasteiger partial charge >= 0.3 is 12.4 Å². The number of hydrogen-bond donors (Lipinski definition) is 2. The van der Waals surface area contributed by atoms with Gasteiger partial charge in [-0.3, -0.25) is 25.1 Å². The topological polar surface area (TPSA) is 140 Å². The summed E-state index contributed by atoms with van der Waals surface area (Å²) in [5.41, 5.74) is -5.68. The maximum atomic E-state index is 13.0. The molecule has 2 N–H and O–H groups in total. The van der Waals surface area contributed by atoms with Crippen LogP contribution in [-0.2, 0) is 12.1 Å². The number of non-ortho nitro benzene ring substituents is 2. The molecular formula is C32H34F6N4O7. The Labute approximate surface area is 276 Å². The number of alkyl halides is 6. The van der Waals surface area contributed by atoms with Crippen LogP contribution in [0.1, 0.15) is 36.8 Å². The van der Waals surface area contributed by atoms with Gasteiger partial charge in [-0.25, -0.2) is 0 Å². The number of halogens is 6. The van der Waals surface area contributed by atoms with Gasteiger partial charge in [0.15, 0.2) is 0 Å². The monoisotopic (exact) mass is 700 g/mol. The Morgan fingerprint density at radius 1 is 0.694 bits per heavy atom. The van der Waals surface area contributed by atoms with E-state index in [-0.39, 0.29) is 23.6 Å². The summed E-state index contributed by atoms with van der Waals surface area (Å²) in [4.78, 5) is 22.2. The van der Waals surface area contributed by atoms with Gasteiger partial charge < -0.3 is 19.9 Å². The van der Waals surface area contributed by atoms with Crippen LogP contribution in [0.4, 0.5) is 37.7 Å². The van der Waals surface area contributed by atoms with Crippen LogP contribution in [0, 0.1) is 20.2 Å². The molecule has 266 valence electrons. The molecule has 2 saturated heterocycles. The third-order valence-electron chi connectivity index (χ3n) is 8.12. The van der Waals surface area contributed by atoms with E-state index in [0.717, 1.165) is 38.1 Å². The maximum Gasteiger partial charge on any atom is 0.430 e. The Morgan fingerprint density at radius 3 is 1.49 bits per heavy atom. The second-order valence-corrected chi connectivity index (χ2v) is 11.6. The average Bonchev–Trinajstić information content (AvgIpc) is 3.06. The first-order valence-corrected chi connectivity index (χ1v) is 15.3. The van der Waals surface area contributed by atoms with Gasteiger partial charge in [-0.05, 0) is 68.6 Å². The largest absolute Gasteiger partial charge is 0.490 e. The van der Waals surface area contributed by atoms with Crippen LogP contribution in [-0.4, -0.2) is 70.6 Å². The van der Waals surface area contributed by atoms with Crippen LogP contribution < -0.4 is 14.8 Å². The highest BCUT2D eigenvalue weighted by atomic mass is 19.4. The molecule has 2 fully saturated rings. The summed E-state index contributed by atoms with van der Waals surface area (Å²) >= 11 is 0. The molecule has 11 nitrogen and oxygen atoms in total. The third-order valence-corrected chi connectivity index (χ3v) is 8.12. The number of nitro benzene ring substituents is 2. The van der Waals surface area contributed by atoms with Crippen molar-refractivity contribution >= 4 is 11.4 Å². The summed E-state index contributed by atoms with van der Waals surface area (Å²) in [5.74, 6) is 1.20. The zero-order valence-electron chi connectivity index (χ0n) is 26.0. The number of piperidine rings is 2. The highest BCUT2D eigenvalue weighted by Crippen LogP contribution is 2.50. The fourth-order valence-electron chi connectivity index (χ4n) is 5.37. The minimum atomic E-state index is -5.92. The Bertz CT molecular complexity index is 1510.